The molecule has 42 heavy (non-hydrogen) atoms. The molecular weight excluding hydrogens is 606 g/mol. The maximum absolute atomic E-state index is 13.0. The molecule has 0 radical (unpaired) electrons. The number of aromatic nitrogens is 1. The first kappa shape index (κ1) is 31.6. The molecule has 2 aromatic carbocycles. The number of carbonyl (C=O) groups is 3. The van der Waals surface area contributed by atoms with Gasteiger partial charge < -0.3 is 26.8 Å². The zero-order chi connectivity index (χ0) is 30.8. The number of aromatic hydroxyl groups is 1. The van der Waals surface area contributed by atoms with Crippen LogP contribution in [0.15, 0.2) is 41.3 Å². The summed E-state index contributed by atoms with van der Waals surface area (Å²) in [5.41, 5.74) is 13.0. The Hall–Kier alpha value is -3.34. The van der Waals surface area contributed by atoms with Crippen LogP contribution in [0.3, 0.4) is 0 Å². The van der Waals surface area contributed by atoms with Crippen LogP contribution in [0.2, 0.25) is 0 Å². The Bertz CT molecular complexity index is 1610. The molecule has 1 fully saturated rings. The van der Waals surface area contributed by atoms with Gasteiger partial charge in [0.2, 0.25) is 27.7 Å². The molecule has 226 valence electrons. The number of fused-ring (bicyclic) bond motifs is 1. The standard InChI is InChI=1S/C26H32ClN7O6S2/c1-13(28)31-18(10-22(29)36)25(38)33-23-7-4-16(12-34(23)24(37)11-27)26-32-17-8-14(2-5-20(17)41-26)15-3-6-21(19(35)9-15)42(30,39)40/h2-3,5-6,8-9,13,16,18,23,31,35H,4,7,10-12,28H2,1H3,(H2,29,36)(H,33,38)(H2,30,39,40). The number of hydrogen-bond acceptors (Lipinski definition) is 10. The summed E-state index contributed by atoms with van der Waals surface area (Å²) in [4.78, 5) is 43.2. The largest absolute Gasteiger partial charge is 0.507 e. The number of thiazole rings is 1. The van der Waals surface area contributed by atoms with E-state index in [0.717, 1.165) is 9.71 Å². The lowest BCUT2D eigenvalue weighted by atomic mass is 9.96. The second kappa shape index (κ2) is 12.9. The molecule has 4 unspecified atom stereocenters. The molecular formula is C26H32ClN7O6S2. The molecule has 4 rings (SSSR count). The first-order valence-corrected chi connectivity index (χ1v) is 15.9. The highest BCUT2D eigenvalue weighted by Crippen LogP contribution is 2.37. The van der Waals surface area contributed by atoms with Gasteiger partial charge in [-0.15, -0.1) is 22.9 Å². The number of nitrogens with zero attached hydrogens (tertiary/aromatic N) is 2. The van der Waals surface area contributed by atoms with Crippen LogP contribution in [0.4, 0.5) is 0 Å². The third-order valence-corrected chi connectivity index (χ3v) is 9.25. The van der Waals surface area contributed by atoms with Gasteiger partial charge in [0.05, 0.1) is 33.9 Å². The Labute approximate surface area is 251 Å². The van der Waals surface area contributed by atoms with Crippen molar-refractivity contribution in [3.63, 3.8) is 0 Å². The van der Waals surface area contributed by atoms with Crippen molar-refractivity contribution in [2.45, 2.75) is 55.4 Å². The number of primary amides is 1. The monoisotopic (exact) mass is 637 g/mol. The van der Waals surface area contributed by atoms with Crippen molar-refractivity contribution in [2.75, 3.05) is 12.4 Å². The number of benzene rings is 2. The van der Waals surface area contributed by atoms with Gasteiger partial charge in [0.15, 0.2) is 0 Å². The number of piperidine rings is 1. The highest BCUT2D eigenvalue weighted by atomic mass is 35.5. The molecule has 0 spiro atoms. The summed E-state index contributed by atoms with van der Waals surface area (Å²) < 4.78 is 24.2. The van der Waals surface area contributed by atoms with Gasteiger partial charge in [-0.1, -0.05) is 12.1 Å². The third-order valence-electron chi connectivity index (χ3n) is 6.86. The van der Waals surface area contributed by atoms with Crippen LogP contribution in [-0.2, 0) is 24.4 Å². The van der Waals surface area contributed by atoms with Crippen LogP contribution < -0.4 is 27.2 Å². The summed E-state index contributed by atoms with van der Waals surface area (Å²) >= 11 is 7.38. The van der Waals surface area contributed by atoms with E-state index in [2.05, 4.69) is 10.6 Å². The molecule has 16 heteroatoms. The van der Waals surface area contributed by atoms with Crippen LogP contribution in [-0.4, -0.2) is 71.9 Å². The highest BCUT2D eigenvalue weighted by Gasteiger charge is 2.35. The van der Waals surface area contributed by atoms with Gasteiger partial charge >= 0.3 is 0 Å². The van der Waals surface area contributed by atoms with Crippen LogP contribution in [0.25, 0.3) is 21.3 Å². The first-order valence-electron chi connectivity index (χ1n) is 13.0. The number of sulfonamides is 1. The molecule has 0 bridgehead atoms. The van der Waals surface area contributed by atoms with E-state index in [1.807, 2.05) is 18.2 Å². The van der Waals surface area contributed by atoms with Gasteiger partial charge in [-0.25, -0.2) is 18.5 Å². The minimum Gasteiger partial charge on any atom is -0.507 e. The Morgan fingerprint density at radius 1 is 1.19 bits per heavy atom. The van der Waals surface area contributed by atoms with Crippen LogP contribution in [0.5, 0.6) is 5.75 Å². The van der Waals surface area contributed by atoms with E-state index in [1.165, 1.54) is 28.4 Å². The maximum atomic E-state index is 13.0. The molecule has 1 saturated heterocycles. The summed E-state index contributed by atoms with van der Waals surface area (Å²) in [6, 6.07) is 8.73. The SMILES string of the molecule is CC(N)NC(CC(N)=O)C(=O)NC1CCC(c2nc3cc(-c4ccc(S(N)(=O)=O)c(O)c4)ccc3s2)CN1C(=O)CCl. The summed E-state index contributed by atoms with van der Waals surface area (Å²) in [6.07, 6.45) is -0.414. The highest BCUT2D eigenvalue weighted by molar-refractivity contribution is 7.89. The van der Waals surface area contributed by atoms with Crippen molar-refractivity contribution >= 4 is 60.9 Å². The van der Waals surface area contributed by atoms with Gasteiger partial charge in [-0.05, 0) is 55.2 Å². The number of rotatable bonds is 10. The molecule has 0 saturated carbocycles. The Balaban J connectivity index is 1.53. The lowest BCUT2D eigenvalue weighted by molar-refractivity contribution is -0.137. The predicted octanol–water partition coefficient (Wildman–Crippen LogP) is 0.842. The van der Waals surface area contributed by atoms with Gasteiger partial charge in [0.1, 0.15) is 22.7 Å². The van der Waals surface area contributed by atoms with E-state index < -0.39 is 46.0 Å². The molecule has 9 N–H and O–H groups in total. The van der Waals surface area contributed by atoms with Crippen molar-refractivity contribution in [1.29, 1.82) is 0 Å². The minimum atomic E-state index is -4.06. The number of nitrogens with two attached hydrogens (primary N) is 3. The molecule has 1 aliphatic rings. The van der Waals surface area contributed by atoms with Gasteiger partial charge in [0.25, 0.3) is 0 Å². The number of amides is 3. The lowest BCUT2D eigenvalue weighted by Crippen LogP contribution is -2.59. The lowest BCUT2D eigenvalue weighted by Gasteiger charge is -2.39. The number of phenols is 1. The number of carbonyl (C=O) groups excluding carboxylic acids is 3. The minimum absolute atomic E-state index is 0.118. The number of primary sulfonamides is 1. The second-order valence-corrected chi connectivity index (χ2v) is 13.0. The zero-order valence-electron chi connectivity index (χ0n) is 22.6. The van der Waals surface area contributed by atoms with Crippen molar-refractivity contribution in [3.05, 3.63) is 41.4 Å². The second-order valence-electron chi connectivity index (χ2n) is 10.1. The summed E-state index contributed by atoms with van der Waals surface area (Å²) in [5.74, 6) is -2.37. The van der Waals surface area contributed by atoms with E-state index in [4.69, 9.17) is 33.2 Å². The molecule has 3 aromatic rings. The summed E-state index contributed by atoms with van der Waals surface area (Å²) in [6.45, 7) is 1.90. The van der Waals surface area contributed by atoms with Crippen LogP contribution in [0.1, 0.15) is 37.1 Å². The predicted molar refractivity (Wildman–Crippen MR) is 159 cm³/mol. The normalized spacial score (nSPS) is 18.9. The molecule has 1 aliphatic heterocycles. The Morgan fingerprint density at radius 2 is 1.88 bits per heavy atom. The molecule has 3 amide bonds. The van der Waals surface area contributed by atoms with Gasteiger partial charge in [-0.2, -0.15) is 0 Å². The van der Waals surface area contributed by atoms with Crippen LogP contribution >= 0.6 is 22.9 Å². The van der Waals surface area contributed by atoms with E-state index in [-0.39, 0.29) is 35.6 Å². The molecule has 2 heterocycles. The first-order chi connectivity index (χ1) is 19.8. The van der Waals surface area contributed by atoms with E-state index in [1.54, 1.807) is 13.0 Å². The van der Waals surface area contributed by atoms with E-state index in [9.17, 15) is 27.9 Å². The zero-order valence-corrected chi connectivity index (χ0v) is 25.0. The molecule has 13 nitrogen and oxygen atoms in total. The third kappa shape index (κ3) is 7.35. The Kier molecular flexibility index (Phi) is 9.70. The average Bonchev–Trinajstić information content (AvgIpc) is 3.34. The van der Waals surface area contributed by atoms with E-state index >= 15 is 0 Å². The number of likely N-dealkylation sites (tertiary alicyclic amines) is 1. The maximum Gasteiger partial charge on any atom is 0.241 e. The Morgan fingerprint density at radius 3 is 2.50 bits per heavy atom. The topological polar surface area (TPSA) is 224 Å². The number of hydrogen-bond donors (Lipinski definition) is 6. The van der Waals surface area contributed by atoms with Crippen molar-refractivity contribution in [2.24, 2.45) is 16.6 Å². The van der Waals surface area contributed by atoms with Crippen molar-refractivity contribution in [1.82, 2.24) is 20.5 Å². The number of halogens is 1. The van der Waals surface area contributed by atoms with E-state index in [0.29, 0.717) is 29.5 Å². The average molecular weight is 638 g/mol. The number of alkyl halides is 1. The summed E-state index contributed by atoms with van der Waals surface area (Å²) in [7, 11) is -4.06. The van der Waals surface area contributed by atoms with Gasteiger partial charge in [-0.3, -0.25) is 19.7 Å². The van der Waals surface area contributed by atoms with Crippen LogP contribution in [0, 0.1) is 0 Å². The van der Waals surface area contributed by atoms with Crippen molar-refractivity contribution in [3.8, 4) is 16.9 Å². The molecule has 0 aliphatic carbocycles. The van der Waals surface area contributed by atoms with Crippen molar-refractivity contribution < 1.29 is 27.9 Å². The fourth-order valence-electron chi connectivity index (χ4n) is 4.92. The summed E-state index contributed by atoms with van der Waals surface area (Å²) in [5, 5.41) is 21.8. The van der Waals surface area contributed by atoms with Gasteiger partial charge in [0, 0.05) is 12.5 Å². The molecule has 4 atom stereocenters. The molecule has 1 aromatic heterocycles. The number of nitrogens with one attached hydrogen (secondary N) is 2. The fraction of sp³-hybridized carbons (Fsp3) is 0.385. The fourth-order valence-corrected chi connectivity index (χ4v) is 6.76. The quantitative estimate of drug-likeness (QED) is 0.137. The number of phenolic OH excluding ortho intramolecular Hbond substituents is 1. The smallest absolute Gasteiger partial charge is 0.241 e.